The first-order valence-electron chi connectivity index (χ1n) is 6.27. The number of hydrogen-bond donors (Lipinski definition) is 0. The molecule has 4 heteroatoms. The van der Waals surface area contributed by atoms with Crippen molar-refractivity contribution in [2.24, 2.45) is 5.92 Å². The van der Waals surface area contributed by atoms with Gasteiger partial charge in [0.15, 0.2) is 0 Å². The average Bonchev–Trinajstić information content (AvgIpc) is 2.95. The molecule has 2 aliphatic heterocycles. The van der Waals surface area contributed by atoms with Gasteiger partial charge < -0.3 is 14.2 Å². The molecular formula is C13H18O4. The van der Waals surface area contributed by atoms with Crippen LogP contribution in [0.4, 0.5) is 0 Å². The molecule has 3 aliphatic rings. The van der Waals surface area contributed by atoms with Crippen molar-refractivity contribution in [3.8, 4) is 0 Å². The lowest BCUT2D eigenvalue weighted by Gasteiger charge is -2.39. The largest absolute Gasteiger partial charge is 0.456 e. The van der Waals surface area contributed by atoms with E-state index < -0.39 is 5.79 Å². The summed E-state index contributed by atoms with van der Waals surface area (Å²) in [6.45, 7) is 5.55. The molecule has 0 unspecified atom stereocenters. The summed E-state index contributed by atoms with van der Waals surface area (Å²) in [5.74, 6) is 0.142. The van der Waals surface area contributed by atoms with E-state index in [4.69, 9.17) is 14.2 Å². The van der Waals surface area contributed by atoms with E-state index in [0.29, 0.717) is 17.9 Å². The van der Waals surface area contributed by atoms with Crippen LogP contribution in [0.1, 0.15) is 40.0 Å². The molecule has 0 aromatic rings. The van der Waals surface area contributed by atoms with Crippen LogP contribution in [0, 0.1) is 5.92 Å². The minimum atomic E-state index is -0.846. The van der Waals surface area contributed by atoms with Crippen LogP contribution in [-0.4, -0.2) is 24.0 Å². The van der Waals surface area contributed by atoms with Gasteiger partial charge in [-0.25, -0.2) is 4.79 Å². The Balaban J connectivity index is 1.97. The van der Waals surface area contributed by atoms with Crippen molar-refractivity contribution in [2.75, 3.05) is 0 Å². The standard InChI is InChI=1S/C13H18O4/c1-7-6-9-10(11(15-7)8-4-5-8)12(14)17-13(2,3)16-9/h7-8,11H,4-6H2,1-3H3/t7-,11-/m1/s1. The topological polar surface area (TPSA) is 44.8 Å². The van der Waals surface area contributed by atoms with Crippen LogP contribution in [-0.2, 0) is 19.0 Å². The summed E-state index contributed by atoms with van der Waals surface area (Å²) in [6.07, 6.45) is 2.92. The van der Waals surface area contributed by atoms with Crippen LogP contribution in [0.15, 0.2) is 11.3 Å². The normalized spacial score (nSPS) is 36.1. The molecule has 0 radical (unpaired) electrons. The molecule has 0 N–H and O–H groups in total. The third kappa shape index (κ3) is 1.95. The van der Waals surface area contributed by atoms with Crippen LogP contribution < -0.4 is 0 Å². The van der Waals surface area contributed by atoms with Gasteiger partial charge in [-0.1, -0.05) is 0 Å². The highest BCUT2D eigenvalue weighted by Crippen LogP contribution is 2.45. The maximum absolute atomic E-state index is 12.1. The van der Waals surface area contributed by atoms with Gasteiger partial charge in [-0.3, -0.25) is 0 Å². The third-order valence-corrected chi connectivity index (χ3v) is 3.41. The number of rotatable bonds is 1. The van der Waals surface area contributed by atoms with Crippen LogP contribution in [0.5, 0.6) is 0 Å². The molecule has 0 amide bonds. The van der Waals surface area contributed by atoms with Gasteiger partial charge in [-0.05, 0) is 25.7 Å². The summed E-state index contributed by atoms with van der Waals surface area (Å²) in [4.78, 5) is 12.1. The molecule has 1 fully saturated rings. The van der Waals surface area contributed by atoms with E-state index in [1.807, 2.05) is 6.92 Å². The van der Waals surface area contributed by atoms with Gasteiger partial charge in [0.2, 0.25) is 5.79 Å². The van der Waals surface area contributed by atoms with E-state index in [2.05, 4.69) is 0 Å². The smallest absolute Gasteiger partial charge is 0.343 e. The number of carbonyl (C=O) groups is 1. The second-order valence-electron chi connectivity index (χ2n) is 5.64. The third-order valence-electron chi connectivity index (χ3n) is 3.41. The Morgan fingerprint density at radius 2 is 1.94 bits per heavy atom. The Kier molecular flexibility index (Phi) is 2.27. The zero-order chi connectivity index (χ0) is 12.2. The first-order chi connectivity index (χ1) is 7.96. The molecule has 3 rings (SSSR count). The molecule has 0 aromatic carbocycles. The van der Waals surface area contributed by atoms with Crippen molar-refractivity contribution >= 4 is 5.97 Å². The van der Waals surface area contributed by atoms with Gasteiger partial charge in [0, 0.05) is 20.3 Å². The Morgan fingerprint density at radius 3 is 2.59 bits per heavy atom. The minimum Gasteiger partial charge on any atom is -0.456 e. The van der Waals surface area contributed by atoms with Gasteiger partial charge in [0.25, 0.3) is 0 Å². The summed E-state index contributed by atoms with van der Waals surface area (Å²) in [5, 5.41) is 0. The molecule has 0 bridgehead atoms. The van der Waals surface area contributed by atoms with Gasteiger partial charge in [0.05, 0.1) is 12.2 Å². The number of carbonyl (C=O) groups excluding carboxylic acids is 1. The van der Waals surface area contributed by atoms with Crippen molar-refractivity contribution < 1.29 is 19.0 Å². The Bertz CT molecular complexity index is 392. The molecule has 94 valence electrons. The van der Waals surface area contributed by atoms with Crippen LogP contribution in [0.25, 0.3) is 0 Å². The second kappa shape index (κ2) is 3.48. The Hall–Kier alpha value is -1.03. The predicted molar refractivity (Wildman–Crippen MR) is 60.0 cm³/mol. The highest BCUT2D eigenvalue weighted by molar-refractivity contribution is 5.91. The van der Waals surface area contributed by atoms with E-state index >= 15 is 0 Å². The SMILES string of the molecule is C[C@@H]1CC2=C(C(=O)OC(C)(C)O2)[C@@H](C2CC2)O1. The average molecular weight is 238 g/mol. The molecule has 0 aromatic heterocycles. The van der Waals surface area contributed by atoms with Crippen molar-refractivity contribution in [1.82, 2.24) is 0 Å². The monoisotopic (exact) mass is 238 g/mol. The highest BCUT2D eigenvalue weighted by Gasteiger charge is 2.47. The van der Waals surface area contributed by atoms with Crippen molar-refractivity contribution in [3.05, 3.63) is 11.3 Å². The van der Waals surface area contributed by atoms with Gasteiger partial charge in [-0.2, -0.15) is 0 Å². The molecule has 1 aliphatic carbocycles. The van der Waals surface area contributed by atoms with Gasteiger partial charge >= 0.3 is 5.97 Å². The first-order valence-corrected chi connectivity index (χ1v) is 6.27. The fourth-order valence-corrected chi connectivity index (χ4v) is 2.56. The van der Waals surface area contributed by atoms with Gasteiger partial charge in [0.1, 0.15) is 11.3 Å². The summed E-state index contributed by atoms with van der Waals surface area (Å²) in [7, 11) is 0. The minimum absolute atomic E-state index is 0.112. The molecule has 17 heavy (non-hydrogen) atoms. The molecule has 0 spiro atoms. The lowest BCUT2D eigenvalue weighted by atomic mass is 9.96. The zero-order valence-corrected chi connectivity index (χ0v) is 10.5. The summed E-state index contributed by atoms with van der Waals surface area (Å²) in [5.41, 5.74) is 0.630. The first kappa shape index (κ1) is 11.1. The Morgan fingerprint density at radius 1 is 1.24 bits per heavy atom. The number of ether oxygens (including phenoxy) is 3. The molecule has 0 saturated heterocycles. The number of esters is 1. The zero-order valence-electron chi connectivity index (χ0n) is 10.5. The lowest BCUT2D eigenvalue weighted by molar-refractivity contribution is -0.217. The van der Waals surface area contributed by atoms with Gasteiger partial charge in [-0.15, -0.1) is 0 Å². The fraction of sp³-hybridized carbons (Fsp3) is 0.769. The molecule has 2 heterocycles. The quantitative estimate of drug-likeness (QED) is 0.656. The van der Waals surface area contributed by atoms with Crippen molar-refractivity contribution in [3.63, 3.8) is 0 Å². The highest BCUT2D eigenvalue weighted by atomic mass is 16.7. The van der Waals surface area contributed by atoms with E-state index in [9.17, 15) is 4.79 Å². The fourth-order valence-electron chi connectivity index (χ4n) is 2.56. The molecular weight excluding hydrogens is 220 g/mol. The van der Waals surface area contributed by atoms with Crippen LogP contribution >= 0.6 is 0 Å². The predicted octanol–water partition coefficient (Wildman–Crippen LogP) is 2.14. The van der Waals surface area contributed by atoms with E-state index in [1.54, 1.807) is 13.8 Å². The molecule has 2 atom stereocenters. The molecule has 1 saturated carbocycles. The van der Waals surface area contributed by atoms with E-state index in [0.717, 1.165) is 18.6 Å². The number of hydrogen-bond acceptors (Lipinski definition) is 4. The maximum Gasteiger partial charge on any atom is 0.343 e. The Labute approximate surface area is 101 Å². The molecule has 4 nitrogen and oxygen atoms in total. The van der Waals surface area contributed by atoms with Crippen molar-refractivity contribution in [2.45, 2.75) is 58.0 Å². The number of cyclic esters (lactones) is 1. The van der Waals surface area contributed by atoms with Crippen LogP contribution in [0.2, 0.25) is 0 Å². The lowest BCUT2D eigenvalue weighted by Crippen LogP contribution is -2.44. The maximum atomic E-state index is 12.1. The summed E-state index contributed by atoms with van der Waals surface area (Å²) >= 11 is 0. The van der Waals surface area contributed by atoms with E-state index in [-0.39, 0.29) is 18.2 Å². The van der Waals surface area contributed by atoms with Crippen molar-refractivity contribution in [1.29, 1.82) is 0 Å². The second-order valence-corrected chi connectivity index (χ2v) is 5.64. The van der Waals surface area contributed by atoms with Crippen LogP contribution in [0.3, 0.4) is 0 Å². The van der Waals surface area contributed by atoms with E-state index in [1.165, 1.54) is 0 Å². The summed E-state index contributed by atoms with van der Waals surface area (Å²) < 4.78 is 17.0. The summed E-state index contributed by atoms with van der Waals surface area (Å²) in [6, 6.07) is 0.